The van der Waals surface area contributed by atoms with E-state index in [0.717, 1.165) is 13.0 Å². The van der Waals surface area contributed by atoms with Crippen LogP contribution in [-0.2, 0) is 6.54 Å². The molecule has 0 radical (unpaired) electrons. The van der Waals surface area contributed by atoms with Crippen molar-refractivity contribution < 1.29 is 4.79 Å². The van der Waals surface area contributed by atoms with E-state index in [0.29, 0.717) is 25.3 Å². The number of nitrogens with two attached hydrogens (primary N) is 1. The molecule has 0 aromatic carbocycles. The second-order valence-corrected chi connectivity index (χ2v) is 5.30. The Kier molecular flexibility index (Phi) is 6.01. The van der Waals surface area contributed by atoms with Gasteiger partial charge < -0.3 is 20.5 Å². The second-order valence-electron chi connectivity index (χ2n) is 5.30. The first-order valence-electron chi connectivity index (χ1n) is 7.52. The largest absolute Gasteiger partial charge is 0.351 e. The fourth-order valence-electron chi connectivity index (χ4n) is 2.53. The van der Waals surface area contributed by atoms with Crippen molar-refractivity contribution in [2.24, 2.45) is 5.73 Å². The van der Waals surface area contributed by atoms with Gasteiger partial charge in [0, 0.05) is 25.8 Å². The van der Waals surface area contributed by atoms with Crippen LogP contribution in [0.15, 0.2) is 12.5 Å². The molecule has 0 atom stereocenters. The fourth-order valence-corrected chi connectivity index (χ4v) is 2.53. The summed E-state index contributed by atoms with van der Waals surface area (Å²) in [5.74, 6) is -0.0978. The van der Waals surface area contributed by atoms with Crippen LogP contribution in [0.25, 0.3) is 0 Å². The predicted molar refractivity (Wildman–Crippen MR) is 78.5 cm³/mol. The molecule has 1 aliphatic heterocycles. The predicted octanol–water partition coefficient (Wildman–Crippen LogP) is 0.448. The number of nitrogens with one attached hydrogen (secondary N) is 1. The Morgan fingerprint density at radius 1 is 1.30 bits per heavy atom. The normalized spacial score (nSPS) is 16.2. The molecular weight excluding hydrogens is 254 g/mol. The number of amides is 1. The molecule has 1 saturated heterocycles. The minimum atomic E-state index is -0.0978. The van der Waals surface area contributed by atoms with Crippen molar-refractivity contribution in [2.45, 2.75) is 32.2 Å². The number of carbonyl (C=O) groups excluding carboxylic acids is 1. The highest BCUT2D eigenvalue weighted by molar-refractivity contribution is 5.91. The molecule has 1 aromatic rings. The first-order chi connectivity index (χ1) is 9.79. The third kappa shape index (κ3) is 4.61. The molecule has 1 amide bonds. The minimum Gasteiger partial charge on any atom is -0.351 e. The van der Waals surface area contributed by atoms with Crippen LogP contribution >= 0.6 is 0 Å². The third-order valence-corrected chi connectivity index (χ3v) is 3.64. The van der Waals surface area contributed by atoms with E-state index < -0.39 is 0 Å². The standard InChI is InChI=1S/C14H25N5O/c15-5-10-19-11-13(17-12-19)14(20)16-6-4-9-18-7-2-1-3-8-18/h11-12H,1-10,15H2,(H,16,20). The van der Waals surface area contributed by atoms with Crippen LogP contribution in [0.2, 0.25) is 0 Å². The van der Waals surface area contributed by atoms with Crippen LogP contribution in [0.1, 0.15) is 36.2 Å². The van der Waals surface area contributed by atoms with Crippen molar-refractivity contribution in [3.05, 3.63) is 18.2 Å². The van der Waals surface area contributed by atoms with E-state index >= 15 is 0 Å². The molecule has 6 heteroatoms. The molecule has 2 rings (SSSR count). The number of hydrogen-bond donors (Lipinski definition) is 2. The van der Waals surface area contributed by atoms with Crippen molar-refractivity contribution >= 4 is 5.91 Å². The monoisotopic (exact) mass is 279 g/mol. The van der Waals surface area contributed by atoms with Crippen molar-refractivity contribution in [3.63, 3.8) is 0 Å². The van der Waals surface area contributed by atoms with E-state index in [1.165, 1.54) is 32.4 Å². The molecule has 112 valence electrons. The first-order valence-corrected chi connectivity index (χ1v) is 7.52. The highest BCUT2D eigenvalue weighted by Crippen LogP contribution is 2.08. The molecule has 2 heterocycles. The summed E-state index contributed by atoms with van der Waals surface area (Å²) in [4.78, 5) is 18.4. The van der Waals surface area contributed by atoms with E-state index in [-0.39, 0.29) is 5.91 Å². The van der Waals surface area contributed by atoms with Crippen molar-refractivity contribution in [2.75, 3.05) is 32.7 Å². The van der Waals surface area contributed by atoms with E-state index in [9.17, 15) is 4.79 Å². The summed E-state index contributed by atoms with van der Waals surface area (Å²) in [7, 11) is 0. The Balaban J connectivity index is 1.63. The Morgan fingerprint density at radius 2 is 2.10 bits per heavy atom. The zero-order valence-corrected chi connectivity index (χ0v) is 12.1. The summed E-state index contributed by atoms with van der Waals surface area (Å²) in [6.45, 7) is 5.43. The zero-order valence-electron chi connectivity index (χ0n) is 12.1. The summed E-state index contributed by atoms with van der Waals surface area (Å²) >= 11 is 0. The van der Waals surface area contributed by atoms with E-state index in [1.807, 2.05) is 4.57 Å². The maximum Gasteiger partial charge on any atom is 0.271 e. The smallest absolute Gasteiger partial charge is 0.271 e. The highest BCUT2D eigenvalue weighted by Gasteiger charge is 2.11. The van der Waals surface area contributed by atoms with Crippen molar-refractivity contribution in [3.8, 4) is 0 Å². The van der Waals surface area contributed by atoms with Gasteiger partial charge in [-0.2, -0.15) is 0 Å². The van der Waals surface area contributed by atoms with Crippen LogP contribution in [0.5, 0.6) is 0 Å². The molecule has 0 aliphatic carbocycles. The minimum absolute atomic E-state index is 0.0978. The van der Waals surface area contributed by atoms with Crippen LogP contribution in [0, 0.1) is 0 Å². The Bertz CT molecular complexity index is 411. The zero-order chi connectivity index (χ0) is 14.2. The molecule has 0 spiro atoms. The van der Waals surface area contributed by atoms with E-state index in [1.54, 1.807) is 12.5 Å². The summed E-state index contributed by atoms with van der Waals surface area (Å²) in [6.07, 6.45) is 8.37. The second kappa shape index (κ2) is 8.01. The van der Waals surface area contributed by atoms with Gasteiger partial charge in [-0.3, -0.25) is 4.79 Å². The molecule has 20 heavy (non-hydrogen) atoms. The molecule has 3 N–H and O–H groups in total. The number of rotatable bonds is 7. The molecule has 1 aliphatic rings. The van der Waals surface area contributed by atoms with Gasteiger partial charge in [0.15, 0.2) is 0 Å². The Morgan fingerprint density at radius 3 is 2.85 bits per heavy atom. The van der Waals surface area contributed by atoms with Crippen molar-refractivity contribution in [1.82, 2.24) is 19.8 Å². The number of likely N-dealkylation sites (tertiary alicyclic amines) is 1. The molecule has 1 aromatic heterocycles. The van der Waals surface area contributed by atoms with Gasteiger partial charge in [0.25, 0.3) is 5.91 Å². The maximum atomic E-state index is 11.9. The van der Waals surface area contributed by atoms with Gasteiger partial charge in [-0.25, -0.2) is 4.98 Å². The molecule has 0 saturated carbocycles. The van der Waals surface area contributed by atoms with Crippen LogP contribution in [0.3, 0.4) is 0 Å². The van der Waals surface area contributed by atoms with Gasteiger partial charge in [0.2, 0.25) is 0 Å². The summed E-state index contributed by atoms with van der Waals surface area (Å²) in [5, 5.41) is 2.92. The van der Waals surface area contributed by atoms with Crippen LogP contribution < -0.4 is 11.1 Å². The average Bonchev–Trinajstić information content (AvgIpc) is 2.94. The Labute approximate surface area is 120 Å². The lowest BCUT2D eigenvalue weighted by Crippen LogP contribution is -2.33. The molecule has 0 unspecified atom stereocenters. The van der Waals surface area contributed by atoms with Gasteiger partial charge in [0.1, 0.15) is 5.69 Å². The van der Waals surface area contributed by atoms with Gasteiger partial charge in [-0.1, -0.05) is 6.42 Å². The molecule has 6 nitrogen and oxygen atoms in total. The molecular formula is C14H25N5O. The fraction of sp³-hybridized carbons (Fsp3) is 0.714. The average molecular weight is 279 g/mol. The highest BCUT2D eigenvalue weighted by atomic mass is 16.1. The molecule has 0 bridgehead atoms. The summed E-state index contributed by atoms with van der Waals surface area (Å²) < 4.78 is 1.84. The van der Waals surface area contributed by atoms with Gasteiger partial charge in [0.05, 0.1) is 6.33 Å². The van der Waals surface area contributed by atoms with E-state index in [2.05, 4.69) is 15.2 Å². The third-order valence-electron chi connectivity index (χ3n) is 3.64. The van der Waals surface area contributed by atoms with Crippen LogP contribution in [-0.4, -0.2) is 53.1 Å². The van der Waals surface area contributed by atoms with Gasteiger partial charge in [-0.05, 0) is 38.9 Å². The number of nitrogens with zero attached hydrogens (tertiary/aromatic N) is 3. The maximum absolute atomic E-state index is 11.9. The lowest BCUT2D eigenvalue weighted by atomic mass is 10.1. The number of aromatic nitrogens is 2. The van der Waals surface area contributed by atoms with Gasteiger partial charge >= 0.3 is 0 Å². The SMILES string of the molecule is NCCn1cnc(C(=O)NCCCN2CCCCC2)c1. The number of piperidine rings is 1. The topological polar surface area (TPSA) is 76.2 Å². The van der Waals surface area contributed by atoms with Crippen molar-refractivity contribution in [1.29, 1.82) is 0 Å². The summed E-state index contributed by atoms with van der Waals surface area (Å²) in [5.41, 5.74) is 5.93. The number of carbonyl (C=O) groups is 1. The summed E-state index contributed by atoms with van der Waals surface area (Å²) in [6, 6.07) is 0. The number of imidazole rings is 1. The van der Waals surface area contributed by atoms with Gasteiger partial charge in [-0.15, -0.1) is 0 Å². The first kappa shape index (κ1) is 15.0. The quantitative estimate of drug-likeness (QED) is 0.710. The van der Waals surface area contributed by atoms with E-state index in [4.69, 9.17) is 5.73 Å². The Hall–Kier alpha value is -1.40. The lowest BCUT2D eigenvalue weighted by molar-refractivity contribution is 0.0946. The molecule has 1 fully saturated rings. The number of hydrogen-bond acceptors (Lipinski definition) is 4. The van der Waals surface area contributed by atoms with Crippen LogP contribution in [0.4, 0.5) is 0 Å². The lowest BCUT2D eigenvalue weighted by Gasteiger charge is -2.26.